The van der Waals surface area contributed by atoms with Gasteiger partial charge in [0.15, 0.2) is 0 Å². The Kier molecular flexibility index (Phi) is 6.11. The molecule has 0 aliphatic rings. The van der Waals surface area contributed by atoms with Crippen molar-refractivity contribution in [2.75, 3.05) is 0 Å². The second kappa shape index (κ2) is 8.70. The van der Waals surface area contributed by atoms with E-state index in [1.54, 1.807) is 30.3 Å². The Morgan fingerprint density at radius 1 is 0.963 bits per heavy atom. The molecule has 1 N–H and O–H groups in total. The molecule has 3 rings (SSSR count). The highest BCUT2D eigenvalue weighted by molar-refractivity contribution is 7.89. The maximum absolute atomic E-state index is 12.1. The number of rotatable bonds is 7. The molecule has 0 atom stereocenters. The molecule has 3 aromatic carbocycles. The van der Waals surface area contributed by atoms with Crippen LogP contribution in [0.1, 0.15) is 11.1 Å². The summed E-state index contributed by atoms with van der Waals surface area (Å²) in [6.07, 6.45) is 1.43. The number of hydrogen-bond acceptors (Lipinski definition) is 4. The van der Waals surface area contributed by atoms with Gasteiger partial charge < -0.3 is 4.74 Å². The predicted octanol–water partition coefficient (Wildman–Crippen LogP) is 4.23. The molecule has 0 unspecified atom stereocenters. The van der Waals surface area contributed by atoms with Gasteiger partial charge in [-0.3, -0.25) is 0 Å². The van der Waals surface area contributed by atoms with E-state index in [9.17, 15) is 8.42 Å². The molecule has 0 fully saturated rings. The van der Waals surface area contributed by atoms with Gasteiger partial charge in [0.1, 0.15) is 12.4 Å². The van der Waals surface area contributed by atoms with Gasteiger partial charge >= 0.3 is 0 Å². The van der Waals surface area contributed by atoms with Gasteiger partial charge in [-0.2, -0.15) is 13.5 Å². The monoisotopic (exact) mass is 400 g/mol. The van der Waals surface area contributed by atoms with Gasteiger partial charge in [-0.15, -0.1) is 0 Å². The number of hydrazone groups is 1. The standard InChI is InChI=1S/C20H17ClN2O3S/c21-18-11-9-16(10-12-18)15-26-19-6-4-5-17(13-19)14-22-23-27(24,25)20-7-2-1-3-8-20/h1-14,23H,15H2. The van der Waals surface area contributed by atoms with Crippen LogP contribution in [0.3, 0.4) is 0 Å². The molecule has 27 heavy (non-hydrogen) atoms. The van der Waals surface area contributed by atoms with Crippen LogP contribution < -0.4 is 9.57 Å². The van der Waals surface area contributed by atoms with E-state index < -0.39 is 10.0 Å². The summed E-state index contributed by atoms with van der Waals surface area (Å²) in [6, 6.07) is 22.7. The maximum atomic E-state index is 12.1. The molecule has 0 saturated carbocycles. The van der Waals surface area contributed by atoms with E-state index in [-0.39, 0.29) is 4.90 Å². The molecular weight excluding hydrogens is 384 g/mol. The molecule has 3 aromatic rings. The Balaban J connectivity index is 1.61. The first-order valence-corrected chi connectivity index (χ1v) is 9.96. The van der Waals surface area contributed by atoms with E-state index in [1.165, 1.54) is 18.3 Å². The smallest absolute Gasteiger partial charge is 0.276 e. The van der Waals surface area contributed by atoms with Gasteiger partial charge in [0.05, 0.1) is 11.1 Å². The molecule has 0 amide bonds. The SMILES string of the molecule is O=S(=O)(NN=Cc1cccc(OCc2ccc(Cl)cc2)c1)c1ccccc1. The van der Waals surface area contributed by atoms with Crippen LogP contribution in [-0.4, -0.2) is 14.6 Å². The topological polar surface area (TPSA) is 67.8 Å². The van der Waals surface area contributed by atoms with Crippen molar-refractivity contribution in [3.05, 3.63) is 95.0 Å². The number of nitrogens with one attached hydrogen (secondary N) is 1. The number of ether oxygens (including phenoxy) is 1. The Hall–Kier alpha value is -2.83. The summed E-state index contributed by atoms with van der Waals surface area (Å²) in [7, 11) is -3.68. The van der Waals surface area contributed by atoms with E-state index in [0.717, 1.165) is 5.56 Å². The van der Waals surface area contributed by atoms with Gasteiger partial charge in [0, 0.05) is 5.02 Å². The minimum atomic E-state index is -3.68. The summed E-state index contributed by atoms with van der Waals surface area (Å²) < 4.78 is 30.0. The van der Waals surface area contributed by atoms with Gasteiger partial charge in [-0.1, -0.05) is 54.1 Å². The van der Waals surface area contributed by atoms with Gasteiger partial charge in [-0.05, 0) is 47.5 Å². The Labute approximate surface area is 163 Å². The summed E-state index contributed by atoms with van der Waals surface area (Å²) in [5.41, 5.74) is 1.70. The first-order chi connectivity index (χ1) is 13.0. The van der Waals surface area contributed by atoms with Gasteiger partial charge in [0.2, 0.25) is 0 Å². The van der Waals surface area contributed by atoms with Crippen molar-refractivity contribution < 1.29 is 13.2 Å². The van der Waals surface area contributed by atoms with E-state index >= 15 is 0 Å². The summed E-state index contributed by atoms with van der Waals surface area (Å²) in [6.45, 7) is 0.401. The summed E-state index contributed by atoms with van der Waals surface area (Å²) in [4.78, 5) is 2.35. The quantitative estimate of drug-likeness (QED) is 0.476. The van der Waals surface area contributed by atoms with Crippen LogP contribution in [0, 0.1) is 0 Å². The number of hydrogen-bond donors (Lipinski definition) is 1. The van der Waals surface area contributed by atoms with E-state index in [0.29, 0.717) is 22.9 Å². The maximum Gasteiger partial charge on any atom is 0.276 e. The summed E-state index contributed by atoms with van der Waals surface area (Å²) in [5.74, 6) is 0.653. The molecular formula is C20H17ClN2O3S. The highest BCUT2D eigenvalue weighted by Crippen LogP contribution is 2.16. The third-order valence-corrected chi connectivity index (χ3v) is 5.11. The lowest BCUT2D eigenvalue weighted by molar-refractivity contribution is 0.306. The van der Waals surface area contributed by atoms with Crippen molar-refractivity contribution in [1.82, 2.24) is 4.83 Å². The van der Waals surface area contributed by atoms with Crippen molar-refractivity contribution >= 4 is 27.8 Å². The number of halogens is 1. The Bertz CT molecular complexity index is 1020. The zero-order valence-corrected chi connectivity index (χ0v) is 15.8. The lowest BCUT2D eigenvalue weighted by Gasteiger charge is -2.07. The second-order valence-corrected chi connectivity index (χ2v) is 7.75. The van der Waals surface area contributed by atoms with E-state index in [2.05, 4.69) is 9.93 Å². The number of nitrogens with zero attached hydrogens (tertiary/aromatic N) is 1. The van der Waals surface area contributed by atoms with Crippen LogP contribution in [0.5, 0.6) is 5.75 Å². The van der Waals surface area contributed by atoms with E-state index in [4.69, 9.17) is 16.3 Å². The molecule has 0 aliphatic heterocycles. The highest BCUT2D eigenvalue weighted by atomic mass is 35.5. The van der Waals surface area contributed by atoms with Gasteiger partial charge in [-0.25, -0.2) is 4.83 Å². The average molecular weight is 401 g/mol. The molecule has 0 aromatic heterocycles. The fraction of sp³-hybridized carbons (Fsp3) is 0.0500. The second-order valence-electron chi connectivity index (χ2n) is 5.65. The third-order valence-electron chi connectivity index (χ3n) is 3.62. The largest absolute Gasteiger partial charge is 0.489 e. The van der Waals surface area contributed by atoms with Crippen molar-refractivity contribution in [3.8, 4) is 5.75 Å². The lowest BCUT2D eigenvalue weighted by atomic mass is 10.2. The molecule has 138 valence electrons. The highest BCUT2D eigenvalue weighted by Gasteiger charge is 2.10. The van der Waals surface area contributed by atoms with Crippen LogP contribution in [0.2, 0.25) is 5.02 Å². The first-order valence-electron chi connectivity index (χ1n) is 8.10. The van der Waals surface area contributed by atoms with E-state index in [1.807, 2.05) is 36.4 Å². The molecule has 0 radical (unpaired) electrons. The van der Waals surface area contributed by atoms with Crippen molar-refractivity contribution in [2.24, 2.45) is 5.10 Å². The van der Waals surface area contributed by atoms with Crippen LogP contribution in [0.4, 0.5) is 0 Å². The van der Waals surface area contributed by atoms with Crippen LogP contribution in [0.25, 0.3) is 0 Å². The molecule has 0 spiro atoms. The fourth-order valence-electron chi connectivity index (χ4n) is 2.25. The zero-order valence-electron chi connectivity index (χ0n) is 14.2. The molecule has 0 aliphatic carbocycles. The van der Waals surface area contributed by atoms with Crippen molar-refractivity contribution in [1.29, 1.82) is 0 Å². The predicted molar refractivity (Wildman–Crippen MR) is 107 cm³/mol. The average Bonchev–Trinajstić information content (AvgIpc) is 2.68. The molecule has 0 bridgehead atoms. The number of benzene rings is 3. The fourth-order valence-corrected chi connectivity index (χ4v) is 3.19. The normalized spacial score (nSPS) is 11.4. The lowest BCUT2D eigenvalue weighted by Crippen LogP contribution is -2.18. The minimum absolute atomic E-state index is 0.155. The molecule has 0 heterocycles. The molecule has 0 saturated heterocycles. The minimum Gasteiger partial charge on any atom is -0.489 e. The van der Waals surface area contributed by atoms with Crippen molar-refractivity contribution in [3.63, 3.8) is 0 Å². The zero-order chi connectivity index (χ0) is 19.1. The number of sulfonamides is 1. The molecule has 7 heteroatoms. The summed E-state index contributed by atoms with van der Waals surface area (Å²) in [5, 5.41) is 4.50. The Morgan fingerprint density at radius 2 is 1.70 bits per heavy atom. The van der Waals surface area contributed by atoms with Crippen LogP contribution in [-0.2, 0) is 16.6 Å². The molecule has 5 nitrogen and oxygen atoms in total. The third kappa shape index (κ3) is 5.57. The van der Waals surface area contributed by atoms with Crippen LogP contribution >= 0.6 is 11.6 Å². The van der Waals surface area contributed by atoms with Gasteiger partial charge in [0.25, 0.3) is 10.0 Å². The Morgan fingerprint density at radius 3 is 2.44 bits per heavy atom. The van der Waals surface area contributed by atoms with Crippen molar-refractivity contribution in [2.45, 2.75) is 11.5 Å². The first kappa shape index (κ1) is 18.9. The van der Waals surface area contributed by atoms with Crippen LogP contribution in [0.15, 0.2) is 88.9 Å². The summed E-state index contributed by atoms with van der Waals surface area (Å²) >= 11 is 5.87.